The van der Waals surface area contributed by atoms with Crippen LogP contribution in [0.5, 0.6) is 0 Å². The van der Waals surface area contributed by atoms with Crippen LogP contribution in [0.4, 0.5) is 13.2 Å². The maximum Gasteiger partial charge on any atom is 0.416 e. The van der Waals surface area contributed by atoms with Crippen molar-refractivity contribution in [1.29, 1.82) is 0 Å². The Bertz CT molecular complexity index is 508. The van der Waals surface area contributed by atoms with Gasteiger partial charge >= 0.3 is 6.18 Å². The van der Waals surface area contributed by atoms with E-state index in [0.29, 0.717) is 0 Å². The van der Waals surface area contributed by atoms with Crippen LogP contribution in [0.3, 0.4) is 0 Å². The summed E-state index contributed by atoms with van der Waals surface area (Å²) in [4.78, 5) is 3.65. The largest absolute Gasteiger partial charge is 0.416 e. The second-order valence-corrected chi connectivity index (χ2v) is 3.34. The van der Waals surface area contributed by atoms with E-state index in [9.17, 15) is 13.2 Å². The number of halogens is 3. The average Bonchev–Trinajstić information content (AvgIpc) is 2.80. The van der Waals surface area contributed by atoms with Gasteiger partial charge in [0.1, 0.15) is 12.7 Å². The third-order valence-corrected chi connectivity index (χ3v) is 2.25. The van der Waals surface area contributed by atoms with Gasteiger partial charge in [0, 0.05) is 0 Å². The van der Waals surface area contributed by atoms with Crippen LogP contribution in [0.1, 0.15) is 11.1 Å². The summed E-state index contributed by atoms with van der Waals surface area (Å²) in [7, 11) is 0. The Kier molecular flexibility index (Phi) is 2.84. The second kappa shape index (κ2) is 4.17. The van der Waals surface area contributed by atoms with E-state index in [2.05, 4.69) is 10.1 Å². The molecular weight excluding hydrogens is 235 g/mol. The Hall–Kier alpha value is -1.89. The van der Waals surface area contributed by atoms with E-state index in [1.165, 1.54) is 29.5 Å². The SMILES string of the molecule is OCc1ccc(-n2cncn2)cc1C(F)(F)F. The van der Waals surface area contributed by atoms with E-state index in [1.54, 1.807) is 0 Å². The number of hydrogen-bond acceptors (Lipinski definition) is 3. The lowest BCUT2D eigenvalue weighted by atomic mass is 10.1. The van der Waals surface area contributed by atoms with Gasteiger partial charge in [-0.1, -0.05) is 6.07 Å². The molecule has 0 aliphatic carbocycles. The summed E-state index contributed by atoms with van der Waals surface area (Å²) in [6.07, 6.45) is -1.98. The molecule has 0 atom stereocenters. The zero-order valence-corrected chi connectivity index (χ0v) is 8.52. The summed E-state index contributed by atoms with van der Waals surface area (Å²) in [5.74, 6) is 0. The summed E-state index contributed by atoms with van der Waals surface area (Å²) >= 11 is 0. The highest BCUT2D eigenvalue weighted by molar-refractivity contribution is 5.41. The van der Waals surface area contributed by atoms with Crippen molar-refractivity contribution >= 4 is 0 Å². The van der Waals surface area contributed by atoms with Crippen molar-refractivity contribution in [2.75, 3.05) is 0 Å². The fourth-order valence-corrected chi connectivity index (χ4v) is 1.45. The molecule has 0 aliphatic heterocycles. The van der Waals surface area contributed by atoms with Gasteiger partial charge in [-0.2, -0.15) is 18.3 Å². The molecule has 0 unspecified atom stereocenters. The van der Waals surface area contributed by atoms with Gasteiger partial charge in [-0.3, -0.25) is 0 Å². The van der Waals surface area contributed by atoms with Gasteiger partial charge < -0.3 is 5.11 Å². The molecule has 4 nitrogen and oxygen atoms in total. The Balaban J connectivity index is 2.53. The molecule has 0 saturated carbocycles. The lowest BCUT2D eigenvalue weighted by Crippen LogP contribution is -2.10. The van der Waals surface area contributed by atoms with Gasteiger partial charge in [0.25, 0.3) is 0 Å². The van der Waals surface area contributed by atoms with Gasteiger partial charge in [-0.15, -0.1) is 0 Å². The van der Waals surface area contributed by atoms with E-state index < -0.39 is 18.3 Å². The topological polar surface area (TPSA) is 50.9 Å². The molecular formula is C10H8F3N3O. The number of aromatic nitrogens is 3. The molecule has 0 spiro atoms. The number of benzene rings is 1. The van der Waals surface area contributed by atoms with Gasteiger partial charge in [0.05, 0.1) is 17.9 Å². The molecule has 0 saturated heterocycles. The van der Waals surface area contributed by atoms with Crippen LogP contribution in [0.15, 0.2) is 30.9 Å². The Morgan fingerprint density at radius 2 is 2.06 bits per heavy atom. The molecule has 0 amide bonds. The number of rotatable bonds is 2. The zero-order chi connectivity index (χ0) is 12.5. The van der Waals surface area contributed by atoms with Gasteiger partial charge in [0.15, 0.2) is 0 Å². The first-order chi connectivity index (χ1) is 8.02. The number of aliphatic hydroxyl groups excluding tert-OH is 1. The predicted octanol–water partition coefficient (Wildman–Crippen LogP) is 1.78. The van der Waals surface area contributed by atoms with E-state index in [4.69, 9.17) is 5.11 Å². The summed E-state index contributed by atoms with van der Waals surface area (Å²) in [5, 5.41) is 12.6. The van der Waals surface area contributed by atoms with Crippen LogP contribution in [0.25, 0.3) is 5.69 Å². The summed E-state index contributed by atoms with van der Waals surface area (Å²) in [6.45, 7) is -0.660. The van der Waals surface area contributed by atoms with Crippen molar-refractivity contribution < 1.29 is 18.3 Å². The van der Waals surface area contributed by atoms with Gasteiger partial charge in [-0.25, -0.2) is 9.67 Å². The van der Waals surface area contributed by atoms with E-state index in [1.807, 2.05) is 0 Å². The highest BCUT2D eigenvalue weighted by Crippen LogP contribution is 2.33. The van der Waals surface area contributed by atoms with Crippen molar-refractivity contribution in [2.24, 2.45) is 0 Å². The lowest BCUT2D eigenvalue weighted by Gasteiger charge is -2.12. The Morgan fingerprint density at radius 1 is 1.29 bits per heavy atom. The molecule has 0 aliphatic rings. The number of nitrogens with zero attached hydrogens (tertiary/aromatic N) is 3. The monoisotopic (exact) mass is 243 g/mol. The van der Waals surface area contributed by atoms with Crippen LogP contribution >= 0.6 is 0 Å². The first-order valence-electron chi connectivity index (χ1n) is 4.68. The fraction of sp³-hybridized carbons (Fsp3) is 0.200. The van der Waals surface area contributed by atoms with Crippen molar-refractivity contribution in [1.82, 2.24) is 14.8 Å². The first kappa shape index (κ1) is 11.6. The Labute approximate surface area is 94.3 Å². The van der Waals surface area contributed by atoms with Crippen molar-refractivity contribution in [3.8, 4) is 5.69 Å². The molecule has 1 aromatic heterocycles. The highest BCUT2D eigenvalue weighted by atomic mass is 19.4. The van der Waals surface area contributed by atoms with E-state index in [0.717, 1.165) is 6.07 Å². The van der Waals surface area contributed by atoms with Crippen LogP contribution in [-0.4, -0.2) is 19.9 Å². The predicted molar refractivity (Wildman–Crippen MR) is 52.3 cm³/mol. The maximum absolute atomic E-state index is 12.7. The van der Waals surface area contributed by atoms with E-state index in [-0.39, 0.29) is 11.3 Å². The molecule has 2 rings (SSSR count). The van der Waals surface area contributed by atoms with Crippen LogP contribution in [0.2, 0.25) is 0 Å². The highest BCUT2D eigenvalue weighted by Gasteiger charge is 2.33. The quantitative estimate of drug-likeness (QED) is 0.874. The minimum Gasteiger partial charge on any atom is -0.392 e. The second-order valence-electron chi connectivity index (χ2n) is 3.34. The molecule has 17 heavy (non-hydrogen) atoms. The Morgan fingerprint density at radius 3 is 2.59 bits per heavy atom. The third kappa shape index (κ3) is 2.28. The molecule has 1 N–H and O–H groups in total. The fourth-order valence-electron chi connectivity index (χ4n) is 1.45. The molecule has 7 heteroatoms. The number of hydrogen-bond donors (Lipinski definition) is 1. The van der Waals surface area contributed by atoms with Crippen LogP contribution < -0.4 is 0 Å². The van der Waals surface area contributed by atoms with E-state index >= 15 is 0 Å². The molecule has 0 radical (unpaired) electrons. The van der Waals surface area contributed by atoms with Crippen molar-refractivity contribution in [3.05, 3.63) is 42.0 Å². The third-order valence-electron chi connectivity index (χ3n) is 2.25. The van der Waals surface area contributed by atoms with Crippen LogP contribution in [0, 0.1) is 0 Å². The number of alkyl halides is 3. The van der Waals surface area contributed by atoms with Gasteiger partial charge in [-0.05, 0) is 17.7 Å². The molecule has 0 fully saturated rings. The first-order valence-corrected chi connectivity index (χ1v) is 4.68. The summed E-state index contributed by atoms with van der Waals surface area (Å²) in [5.41, 5.74) is -0.790. The van der Waals surface area contributed by atoms with Crippen LogP contribution in [-0.2, 0) is 12.8 Å². The molecule has 2 aromatic rings. The number of aliphatic hydroxyl groups is 1. The minimum atomic E-state index is -4.51. The maximum atomic E-state index is 12.7. The molecule has 0 bridgehead atoms. The average molecular weight is 243 g/mol. The molecule has 90 valence electrons. The van der Waals surface area contributed by atoms with Crippen molar-refractivity contribution in [2.45, 2.75) is 12.8 Å². The zero-order valence-electron chi connectivity index (χ0n) is 8.52. The van der Waals surface area contributed by atoms with Gasteiger partial charge in [0.2, 0.25) is 0 Å². The lowest BCUT2D eigenvalue weighted by molar-refractivity contribution is -0.138. The summed E-state index contributed by atoms with van der Waals surface area (Å²) in [6, 6.07) is 3.59. The normalized spacial score (nSPS) is 11.8. The smallest absolute Gasteiger partial charge is 0.392 e. The molecule has 1 aromatic carbocycles. The standard InChI is InChI=1S/C10H8F3N3O/c11-10(12,13)9-3-8(2-1-7(9)4-17)16-6-14-5-15-16/h1-3,5-6,17H,4H2. The molecule has 1 heterocycles. The minimum absolute atomic E-state index is 0.165. The summed E-state index contributed by atoms with van der Waals surface area (Å²) < 4.78 is 39.3. The van der Waals surface area contributed by atoms with Crippen molar-refractivity contribution in [3.63, 3.8) is 0 Å².